The summed E-state index contributed by atoms with van der Waals surface area (Å²) in [5.41, 5.74) is 0.137. The van der Waals surface area contributed by atoms with Crippen LogP contribution in [0.2, 0.25) is 0 Å². The Morgan fingerprint density at radius 3 is 2.82 bits per heavy atom. The van der Waals surface area contributed by atoms with Crippen LogP contribution in [-0.2, 0) is 4.74 Å². The zero-order chi connectivity index (χ0) is 7.90. The molecule has 2 saturated carbocycles. The van der Waals surface area contributed by atoms with Gasteiger partial charge in [0.1, 0.15) is 7.85 Å². The van der Waals surface area contributed by atoms with Gasteiger partial charge in [-0.3, -0.25) is 0 Å². The lowest BCUT2D eigenvalue weighted by Crippen LogP contribution is -2.35. The molecular formula is C9H15BO. The third-order valence-electron chi connectivity index (χ3n) is 3.51. The largest absolute Gasteiger partial charge is 0.385 e. The molecule has 3 unspecified atom stereocenters. The zero-order valence-electron chi connectivity index (χ0n) is 7.18. The Morgan fingerprint density at radius 2 is 2.36 bits per heavy atom. The summed E-state index contributed by atoms with van der Waals surface area (Å²) in [4.78, 5) is 0. The van der Waals surface area contributed by atoms with Gasteiger partial charge in [0.2, 0.25) is 0 Å². The van der Waals surface area contributed by atoms with E-state index in [1.807, 2.05) is 0 Å². The predicted octanol–water partition coefficient (Wildman–Crippen LogP) is 1.71. The summed E-state index contributed by atoms with van der Waals surface area (Å²) in [6.45, 7) is 2.61. The van der Waals surface area contributed by atoms with Crippen LogP contribution < -0.4 is 0 Å². The molecule has 2 radical (unpaired) electrons. The van der Waals surface area contributed by atoms with E-state index in [1.165, 1.54) is 25.7 Å². The highest BCUT2D eigenvalue weighted by Crippen LogP contribution is 2.52. The molecular weight excluding hydrogens is 135 g/mol. The van der Waals surface area contributed by atoms with E-state index in [-0.39, 0.29) is 5.60 Å². The number of hydrogen-bond donors (Lipinski definition) is 0. The minimum Gasteiger partial charge on any atom is -0.385 e. The molecule has 0 saturated heterocycles. The van der Waals surface area contributed by atoms with E-state index >= 15 is 0 Å². The average Bonchev–Trinajstić information content (AvgIpc) is 2.45. The van der Waals surface area contributed by atoms with Gasteiger partial charge in [-0.05, 0) is 44.4 Å². The molecule has 2 aliphatic rings. The Morgan fingerprint density at radius 1 is 1.55 bits per heavy atom. The van der Waals surface area contributed by atoms with Crippen molar-refractivity contribution in [3.63, 3.8) is 0 Å². The van der Waals surface area contributed by atoms with Crippen LogP contribution in [-0.4, -0.2) is 20.0 Å². The molecule has 0 N–H and O–H groups in total. The first-order chi connectivity index (χ1) is 5.24. The summed E-state index contributed by atoms with van der Waals surface area (Å²) in [6.07, 6.45) is 5.42. The Labute approximate surface area is 69.9 Å². The third-order valence-corrected chi connectivity index (χ3v) is 3.51. The van der Waals surface area contributed by atoms with Crippen LogP contribution in [0.25, 0.3) is 0 Å². The molecule has 0 heterocycles. The van der Waals surface area contributed by atoms with Gasteiger partial charge in [0.15, 0.2) is 0 Å². The van der Waals surface area contributed by atoms with Crippen LogP contribution in [0.1, 0.15) is 32.6 Å². The summed E-state index contributed by atoms with van der Waals surface area (Å²) in [7, 11) is 5.40. The second-order valence-corrected chi connectivity index (χ2v) is 4.20. The number of fused-ring (bicyclic) bond motifs is 2. The number of rotatable bonds is 2. The standard InChI is InChI=1S/C9H15BO/c1-9(11-6-10)5-7-2-3-8(9)4-7/h7-8H,2-6H2,1H3. The molecule has 0 aromatic carbocycles. The molecule has 0 aromatic heterocycles. The highest BCUT2D eigenvalue weighted by atomic mass is 16.5. The van der Waals surface area contributed by atoms with Crippen molar-refractivity contribution in [3.8, 4) is 0 Å². The van der Waals surface area contributed by atoms with Gasteiger partial charge in [0.05, 0.1) is 5.60 Å². The highest BCUT2D eigenvalue weighted by Gasteiger charge is 2.48. The normalized spacial score (nSPS) is 48.5. The van der Waals surface area contributed by atoms with E-state index in [4.69, 9.17) is 12.6 Å². The maximum atomic E-state index is 5.60. The molecule has 2 aliphatic carbocycles. The molecule has 0 aliphatic heterocycles. The van der Waals surface area contributed by atoms with Crippen LogP contribution in [0.5, 0.6) is 0 Å². The van der Waals surface area contributed by atoms with Crippen molar-refractivity contribution in [3.05, 3.63) is 0 Å². The van der Waals surface area contributed by atoms with E-state index in [0.29, 0.717) is 6.51 Å². The Hall–Kier alpha value is 0.0249. The van der Waals surface area contributed by atoms with Gasteiger partial charge in [0.25, 0.3) is 0 Å². The number of hydrogen-bond acceptors (Lipinski definition) is 1. The quantitative estimate of drug-likeness (QED) is 0.544. The molecule has 1 nitrogen and oxygen atoms in total. The smallest absolute Gasteiger partial charge is 0.104 e. The molecule has 3 atom stereocenters. The lowest BCUT2D eigenvalue weighted by atomic mass is 9.85. The second-order valence-electron chi connectivity index (χ2n) is 4.20. The fourth-order valence-corrected chi connectivity index (χ4v) is 2.92. The summed E-state index contributed by atoms with van der Waals surface area (Å²) in [6, 6.07) is 0. The van der Waals surface area contributed by atoms with Gasteiger partial charge in [-0.1, -0.05) is 0 Å². The molecule has 2 fully saturated rings. The van der Waals surface area contributed by atoms with Crippen LogP contribution in [0.15, 0.2) is 0 Å². The lowest BCUT2D eigenvalue weighted by Gasteiger charge is -2.33. The van der Waals surface area contributed by atoms with Crippen LogP contribution >= 0.6 is 0 Å². The molecule has 11 heavy (non-hydrogen) atoms. The number of ether oxygens (including phenoxy) is 1. The maximum Gasteiger partial charge on any atom is 0.104 e. The predicted molar refractivity (Wildman–Crippen MR) is 45.6 cm³/mol. The van der Waals surface area contributed by atoms with Crippen molar-refractivity contribution in [1.82, 2.24) is 0 Å². The summed E-state index contributed by atoms with van der Waals surface area (Å²) < 4.78 is 5.60. The van der Waals surface area contributed by atoms with Crippen molar-refractivity contribution in [1.29, 1.82) is 0 Å². The molecule has 2 rings (SSSR count). The van der Waals surface area contributed by atoms with Crippen LogP contribution in [0, 0.1) is 11.8 Å². The fourth-order valence-electron chi connectivity index (χ4n) is 2.92. The Kier molecular flexibility index (Phi) is 1.75. The Balaban J connectivity index is 2.04. The highest BCUT2D eigenvalue weighted by molar-refractivity contribution is 6.08. The fraction of sp³-hybridized carbons (Fsp3) is 1.00. The van der Waals surface area contributed by atoms with Crippen molar-refractivity contribution >= 4 is 7.85 Å². The van der Waals surface area contributed by atoms with E-state index in [0.717, 1.165) is 11.8 Å². The van der Waals surface area contributed by atoms with E-state index in [9.17, 15) is 0 Å². The van der Waals surface area contributed by atoms with Crippen molar-refractivity contribution in [2.24, 2.45) is 11.8 Å². The van der Waals surface area contributed by atoms with Gasteiger partial charge in [-0.2, -0.15) is 0 Å². The Bertz CT molecular complexity index is 160. The van der Waals surface area contributed by atoms with E-state index < -0.39 is 0 Å². The topological polar surface area (TPSA) is 9.23 Å². The zero-order valence-corrected chi connectivity index (χ0v) is 7.18. The van der Waals surface area contributed by atoms with Gasteiger partial charge in [-0.15, -0.1) is 0 Å². The first-order valence-corrected chi connectivity index (χ1v) is 4.58. The van der Waals surface area contributed by atoms with Crippen molar-refractivity contribution in [2.45, 2.75) is 38.2 Å². The van der Waals surface area contributed by atoms with Crippen molar-refractivity contribution in [2.75, 3.05) is 6.51 Å². The van der Waals surface area contributed by atoms with Gasteiger partial charge in [-0.25, -0.2) is 0 Å². The maximum absolute atomic E-state index is 5.60. The second kappa shape index (κ2) is 2.51. The third kappa shape index (κ3) is 1.12. The molecule has 0 spiro atoms. The van der Waals surface area contributed by atoms with Gasteiger partial charge in [0, 0.05) is 6.51 Å². The van der Waals surface area contributed by atoms with Gasteiger partial charge < -0.3 is 4.74 Å². The summed E-state index contributed by atoms with van der Waals surface area (Å²) >= 11 is 0. The van der Waals surface area contributed by atoms with E-state index in [1.54, 1.807) is 0 Å². The van der Waals surface area contributed by atoms with Crippen molar-refractivity contribution < 1.29 is 4.74 Å². The molecule has 0 aromatic rings. The van der Waals surface area contributed by atoms with Crippen LogP contribution in [0.4, 0.5) is 0 Å². The SMILES string of the molecule is [B]COC1(C)CC2CCC1C2. The van der Waals surface area contributed by atoms with E-state index in [2.05, 4.69) is 6.92 Å². The van der Waals surface area contributed by atoms with Crippen LogP contribution in [0.3, 0.4) is 0 Å². The molecule has 2 heteroatoms. The average molecular weight is 150 g/mol. The summed E-state index contributed by atoms with van der Waals surface area (Å²) in [5.74, 6) is 1.74. The minimum atomic E-state index is 0.137. The monoisotopic (exact) mass is 150 g/mol. The van der Waals surface area contributed by atoms with Gasteiger partial charge >= 0.3 is 0 Å². The minimum absolute atomic E-state index is 0.137. The molecule has 0 amide bonds. The first-order valence-electron chi connectivity index (χ1n) is 4.58. The molecule has 2 bridgehead atoms. The summed E-state index contributed by atoms with van der Waals surface area (Å²) in [5, 5.41) is 0. The lowest BCUT2D eigenvalue weighted by molar-refractivity contribution is -0.0483. The first kappa shape index (κ1) is 7.66. The molecule has 60 valence electrons.